The largest absolute Gasteiger partial charge is 0.322 e. The molecule has 150 valence electrons. The lowest BCUT2D eigenvalue weighted by Gasteiger charge is -2.26. The molecule has 1 aliphatic rings. The molecule has 0 spiro atoms. The maximum absolute atomic E-state index is 12.9. The average Bonchev–Trinajstić information content (AvgIpc) is 3.30. The van der Waals surface area contributed by atoms with Crippen LogP contribution in [0.15, 0.2) is 70.3 Å². The van der Waals surface area contributed by atoms with Crippen molar-refractivity contribution >= 4 is 33.0 Å². The fraction of sp³-hybridized carbons (Fsp3) is 0.227. The van der Waals surface area contributed by atoms with Crippen LogP contribution in [0.1, 0.15) is 29.6 Å². The van der Waals surface area contributed by atoms with E-state index in [-0.39, 0.29) is 10.8 Å². The number of hydrogen-bond acceptors (Lipinski definition) is 4. The number of piperidine rings is 1. The molecule has 1 aromatic heterocycles. The monoisotopic (exact) mass is 426 g/mol. The van der Waals surface area contributed by atoms with Gasteiger partial charge in [0, 0.05) is 24.3 Å². The van der Waals surface area contributed by atoms with Crippen molar-refractivity contribution in [3.05, 3.63) is 70.9 Å². The smallest absolute Gasteiger partial charge is 0.255 e. The number of benzene rings is 2. The highest BCUT2D eigenvalue weighted by molar-refractivity contribution is 7.89. The van der Waals surface area contributed by atoms with Gasteiger partial charge in [0.25, 0.3) is 5.91 Å². The average molecular weight is 427 g/mol. The van der Waals surface area contributed by atoms with E-state index in [9.17, 15) is 13.2 Å². The number of carbonyl (C=O) groups excluding carboxylic acids is 1. The zero-order valence-electron chi connectivity index (χ0n) is 15.9. The highest BCUT2D eigenvalue weighted by Crippen LogP contribution is 2.25. The van der Waals surface area contributed by atoms with Crippen molar-refractivity contribution in [2.75, 3.05) is 18.4 Å². The molecule has 1 aliphatic heterocycles. The van der Waals surface area contributed by atoms with Crippen molar-refractivity contribution in [3.8, 4) is 11.1 Å². The number of nitrogens with one attached hydrogen (secondary N) is 1. The number of hydrogen-bond donors (Lipinski definition) is 1. The van der Waals surface area contributed by atoms with Crippen LogP contribution in [0.5, 0.6) is 0 Å². The SMILES string of the molecule is O=C(Nc1cccc(-c2ccsc2)c1)c1cccc(S(=O)(=O)N2CCCCC2)c1. The van der Waals surface area contributed by atoms with E-state index >= 15 is 0 Å². The third kappa shape index (κ3) is 4.42. The molecule has 1 saturated heterocycles. The van der Waals surface area contributed by atoms with Gasteiger partial charge in [-0.15, -0.1) is 0 Å². The van der Waals surface area contributed by atoms with Gasteiger partial charge in [-0.05, 0) is 71.1 Å². The number of sulfonamides is 1. The molecule has 0 aliphatic carbocycles. The second-order valence-electron chi connectivity index (χ2n) is 7.04. The fourth-order valence-electron chi connectivity index (χ4n) is 3.46. The Morgan fingerprint density at radius 1 is 0.931 bits per heavy atom. The van der Waals surface area contributed by atoms with Gasteiger partial charge in [-0.1, -0.05) is 24.6 Å². The van der Waals surface area contributed by atoms with Crippen molar-refractivity contribution in [2.24, 2.45) is 0 Å². The van der Waals surface area contributed by atoms with Crippen molar-refractivity contribution in [2.45, 2.75) is 24.2 Å². The molecule has 7 heteroatoms. The van der Waals surface area contributed by atoms with E-state index in [0.29, 0.717) is 24.3 Å². The summed E-state index contributed by atoms with van der Waals surface area (Å²) in [6, 6.07) is 15.9. The first-order valence-corrected chi connectivity index (χ1v) is 12.0. The van der Waals surface area contributed by atoms with Gasteiger partial charge >= 0.3 is 0 Å². The van der Waals surface area contributed by atoms with Crippen LogP contribution >= 0.6 is 11.3 Å². The normalized spacial score (nSPS) is 15.2. The van der Waals surface area contributed by atoms with Crippen LogP contribution in [0.4, 0.5) is 5.69 Å². The Morgan fingerprint density at radius 2 is 1.72 bits per heavy atom. The highest BCUT2D eigenvalue weighted by atomic mass is 32.2. The minimum atomic E-state index is -3.57. The van der Waals surface area contributed by atoms with E-state index in [4.69, 9.17) is 0 Å². The molecule has 0 atom stereocenters. The molecular formula is C22H22N2O3S2. The Labute approximate surface area is 175 Å². The zero-order chi connectivity index (χ0) is 20.3. The van der Waals surface area contributed by atoms with Gasteiger partial charge in [-0.3, -0.25) is 4.79 Å². The molecule has 0 radical (unpaired) electrons. The lowest BCUT2D eigenvalue weighted by Crippen LogP contribution is -2.35. The van der Waals surface area contributed by atoms with E-state index in [2.05, 4.69) is 10.7 Å². The summed E-state index contributed by atoms with van der Waals surface area (Å²) in [5.74, 6) is -0.330. The van der Waals surface area contributed by atoms with Crippen molar-refractivity contribution in [1.82, 2.24) is 4.31 Å². The number of carbonyl (C=O) groups is 1. The van der Waals surface area contributed by atoms with Crippen LogP contribution in [0.2, 0.25) is 0 Å². The minimum Gasteiger partial charge on any atom is -0.322 e. The van der Waals surface area contributed by atoms with Gasteiger partial charge in [-0.2, -0.15) is 15.6 Å². The number of rotatable bonds is 5. The standard InChI is InChI=1S/C22H22N2O3S2/c25-22(23-20-8-4-6-17(14-20)19-10-13-28-16-19)18-7-5-9-21(15-18)29(26,27)24-11-2-1-3-12-24/h4-10,13-16H,1-3,11-12H2,(H,23,25). The molecule has 1 N–H and O–H groups in total. The maximum Gasteiger partial charge on any atom is 0.255 e. The minimum absolute atomic E-state index is 0.166. The molecule has 2 aromatic carbocycles. The molecule has 0 saturated carbocycles. The summed E-state index contributed by atoms with van der Waals surface area (Å²) in [4.78, 5) is 12.9. The molecular weight excluding hydrogens is 404 g/mol. The Morgan fingerprint density at radius 3 is 2.48 bits per heavy atom. The maximum atomic E-state index is 12.9. The molecule has 5 nitrogen and oxygen atoms in total. The highest BCUT2D eigenvalue weighted by Gasteiger charge is 2.26. The molecule has 0 unspecified atom stereocenters. The van der Waals surface area contributed by atoms with Gasteiger partial charge in [0.1, 0.15) is 0 Å². The number of anilines is 1. The first-order valence-electron chi connectivity index (χ1n) is 9.58. The topological polar surface area (TPSA) is 66.5 Å². The number of amides is 1. The van der Waals surface area contributed by atoms with E-state index in [1.807, 2.05) is 35.7 Å². The third-order valence-corrected chi connectivity index (χ3v) is 7.60. The van der Waals surface area contributed by atoms with E-state index in [1.54, 1.807) is 29.5 Å². The van der Waals surface area contributed by atoms with Gasteiger partial charge in [0.15, 0.2) is 0 Å². The zero-order valence-corrected chi connectivity index (χ0v) is 17.5. The summed E-state index contributed by atoms with van der Waals surface area (Å²) in [5, 5.41) is 6.94. The van der Waals surface area contributed by atoms with Crippen LogP contribution in [0.3, 0.4) is 0 Å². The van der Waals surface area contributed by atoms with E-state index in [1.165, 1.54) is 10.4 Å². The van der Waals surface area contributed by atoms with E-state index in [0.717, 1.165) is 30.4 Å². The summed E-state index contributed by atoms with van der Waals surface area (Å²) < 4.78 is 27.3. The second-order valence-corrected chi connectivity index (χ2v) is 9.76. The summed E-state index contributed by atoms with van der Waals surface area (Å²) in [7, 11) is -3.57. The number of nitrogens with zero attached hydrogens (tertiary/aromatic N) is 1. The second kappa shape index (κ2) is 8.49. The van der Waals surface area contributed by atoms with Gasteiger partial charge in [0.2, 0.25) is 10.0 Å². The van der Waals surface area contributed by atoms with Crippen LogP contribution in [-0.2, 0) is 10.0 Å². The van der Waals surface area contributed by atoms with Crippen LogP contribution in [0.25, 0.3) is 11.1 Å². The predicted molar refractivity (Wildman–Crippen MR) is 117 cm³/mol. The first kappa shape index (κ1) is 19.8. The lowest BCUT2D eigenvalue weighted by atomic mass is 10.1. The fourth-order valence-corrected chi connectivity index (χ4v) is 5.69. The van der Waals surface area contributed by atoms with E-state index < -0.39 is 10.0 Å². The Hall–Kier alpha value is -2.48. The number of thiophene rings is 1. The molecule has 2 heterocycles. The quantitative estimate of drug-likeness (QED) is 0.635. The molecule has 4 rings (SSSR count). The lowest BCUT2D eigenvalue weighted by molar-refractivity contribution is 0.102. The molecule has 3 aromatic rings. The van der Waals surface area contributed by atoms with Crippen molar-refractivity contribution in [1.29, 1.82) is 0 Å². The van der Waals surface area contributed by atoms with Gasteiger partial charge in [0.05, 0.1) is 4.90 Å². The van der Waals surface area contributed by atoms with Crippen molar-refractivity contribution < 1.29 is 13.2 Å². The Bertz CT molecular complexity index is 1100. The van der Waals surface area contributed by atoms with Gasteiger partial charge < -0.3 is 5.32 Å². The summed E-state index contributed by atoms with van der Waals surface area (Å²) in [6.07, 6.45) is 2.80. The van der Waals surface area contributed by atoms with Crippen LogP contribution in [0, 0.1) is 0 Å². The van der Waals surface area contributed by atoms with Crippen molar-refractivity contribution in [3.63, 3.8) is 0 Å². The molecule has 1 fully saturated rings. The first-order chi connectivity index (χ1) is 14.0. The van der Waals surface area contributed by atoms with Gasteiger partial charge in [-0.25, -0.2) is 8.42 Å². The molecule has 29 heavy (non-hydrogen) atoms. The predicted octanol–water partition coefficient (Wildman–Crippen LogP) is 4.84. The summed E-state index contributed by atoms with van der Waals surface area (Å²) >= 11 is 1.62. The summed E-state index contributed by atoms with van der Waals surface area (Å²) in [6.45, 7) is 1.07. The third-order valence-electron chi connectivity index (χ3n) is 5.02. The summed E-state index contributed by atoms with van der Waals surface area (Å²) in [5.41, 5.74) is 3.11. The Balaban J connectivity index is 1.54. The van der Waals surface area contributed by atoms with Crippen LogP contribution in [-0.4, -0.2) is 31.7 Å². The molecule has 1 amide bonds. The molecule has 0 bridgehead atoms. The van der Waals surface area contributed by atoms with Crippen LogP contribution < -0.4 is 5.32 Å². The Kier molecular flexibility index (Phi) is 5.80.